The molecule has 2 aromatic carbocycles. The Labute approximate surface area is 219 Å². The first-order chi connectivity index (χ1) is 17.0. The van der Waals surface area contributed by atoms with Gasteiger partial charge in [0.05, 0.1) is 16.8 Å². The van der Waals surface area contributed by atoms with Gasteiger partial charge >= 0.3 is 6.03 Å². The van der Waals surface area contributed by atoms with Crippen molar-refractivity contribution in [3.63, 3.8) is 0 Å². The van der Waals surface area contributed by atoms with Gasteiger partial charge in [-0.15, -0.1) is 0 Å². The molecule has 36 heavy (non-hydrogen) atoms. The van der Waals surface area contributed by atoms with Crippen molar-refractivity contribution in [2.24, 2.45) is 10.9 Å². The van der Waals surface area contributed by atoms with Crippen LogP contribution in [0.1, 0.15) is 20.8 Å². The average molecular weight is 537 g/mol. The summed E-state index contributed by atoms with van der Waals surface area (Å²) in [6, 6.07) is 10.4. The lowest BCUT2D eigenvalue weighted by molar-refractivity contribution is -0.134. The number of guanidine groups is 1. The number of piperazine rings is 1. The smallest absolute Gasteiger partial charge is 0.321 e. The number of rotatable bonds is 3. The Hall–Kier alpha value is -3.55. The maximum atomic E-state index is 13.7. The van der Waals surface area contributed by atoms with Gasteiger partial charge in [-0.3, -0.25) is 10.1 Å². The lowest BCUT2D eigenvalue weighted by Crippen LogP contribution is -2.60. The van der Waals surface area contributed by atoms with Gasteiger partial charge in [0.2, 0.25) is 5.96 Å². The van der Waals surface area contributed by atoms with Crippen LogP contribution in [0.5, 0.6) is 0 Å². The first-order valence-electron chi connectivity index (χ1n) is 11.0. The van der Waals surface area contributed by atoms with E-state index in [0.29, 0.717) is 30.3 Å². The summed E-state index contributed by atoms with van der Waals surface area (Å²) in [5.74, 6) is -0.917. The second-order valence-corrected chi connectivity index (χ2v) is 9.02. The number of nitrogens with one attached hydrogen (secondary N) is 2. The predicted octanol–water partition coefficient (Wildman–Crippen LogP) is 5.16. The summed E-state index contributed by atoms with van der Waals surface area (Å²) in [6.07, 6.45) is 1.89. The number of aliphatic carboxylic acids is 1. The molecule has 192 valence electrons. The van der Waals surface area contributed by atoms with Gasteiger partial charge in [-0.25, -0.2) is 14.2 Å². The van der Waals surface area contributed by atoms with Gasteiger partial charge in [0.1, 0.15) is 5.82 Å². The molecule has 0 radical (unpaired) electrons. The van der Waals surface area contributed by atoms with Crippen molar-refractivity contribution in [2.75, 3.05) is 25.0 Å². The number of hydrogen-bond acceptors (Lipinski definition) is 4. The van der Waals surface area contributed by atoms with Crippen LogP contribution in [-0.2, 0) is 4.79 Å². The highest BCUT2D eigenvalue weighted by Gasteiger charge is 2.33. The number of benzene rings is 2. The van der Waals surface area contributed by atoms with Crippen molar-refractivity contribution in [3.05, 3.63) is 58.3 Å². The fraction of sp³-hybridized carbons (Fsp3) is 0.333. The van der Waals surface area contributed by atoms with Crippen LogP contribution in [0, 0.1) is 23.2 Å². The molecule has 1 aliphatic heterocycles. The molecule has 0 saturated carbocycles. The summed E-state index contributed by atoms with van der Waals surface area (Å²) in [6.45, 7) is 6.39. The van der Waals surface area contributed by atoms with E-state index in [0.717, 1.165) is 6.92 Å². The van der Waals surface area contributed by atoms with Crippen LogP contribution in [0.3, 0.4) is 0 Å². The summed E-state index contributed by atoms with van der Waals surface area (Å²) < 4.78 is 13.7. The molecule has 3 N–H and O–H groups in total. The molecule has 0 aromatic heterocycles. The zero-order valence-corrected chi connectivity index (χ0v) is 21.5. The number of nitrogens with zero attached hydrogens (tertiary/aromatic N) is 4. The lowest BCUT2D eigenvalue weighted by atomic mass is 10.00. The Balaban J connectivity index is 0.00000106. The molecule has 9 nitrogen and oxygen atoms in total. The third-order valence-electron chi connectivity index (χ3n) is 5.15. The Kier molecular flexibility index (Phi) is 10.8. The van der Waals surface area contributed by atoms with E-state index < -0.39 is 11.8 Å². The maximum absolute atomic E-state index is 13.7. The zero-order chi connectivity index (χ0) is 26.8. The number of halogens is 3. The van der Waals surface area contributed by atoms with Crippen LogP contribution in [0.25, 0.3) is 0 Å². The maximum Gasteiger partial charge on any atom is 0.321 e. The van der Waals surface area contributed by atoms with Crippen molar-refractivity contribution in [1.82, 2.24) is 15.1 Å². The van der Waals surface area contributed by atoms with E-state index >= 15 is 0 Å². The standard InChI is InChI=1S/C22H23Cl2FN6O.C2H4O2/c1-14(2)20-12-30(22(32)28-17-6-3-15(23)4-7-17)9-10-31(20)21(27-13-26)29-19-11-16(25)5-8-18(19)24;1-2(3)4/h3-8,11,14,20H,9-10,12H2,1-2H3,(H,27,29)(H,28,32);1H3,(H,3,4). The van der Waals surface area contributed by atoms with E-state index in [2.05, 4.69) is 15.6 Å². The highest BCUT2D eigenvalue weighted by atomic mass is 35.5. The van der Waals surface area contributed by atoms with Gasteiger partial charge in [-0.2, -0.15) is 5.26 Å². The van der Waals surface area contributed by atoms with Crippen LogP contribution >= 0.6 is 23.2 Å². The quantitative estimate of drug-likeness (QED) is 0.215. The molecule has 2 amide bonds. The highest BCUT2D eigenvalue weighted by Crippen LogP contribution is 2.27. The molecule has 1 heterocycles. The summed E-state index contributed by atoms with van der Waals surface area (Å²) in [5, 5.41) is 23.0. The van der Waals surface area contributed by atoms with E-state index in [-0.39, 0.29) is 34.7 Å². The number of aliphatic imine (C=N–C) groups is 1. The molecule has 1 saturated heterocycles. The fourth-order valence-electron chi connectivity index (χ4n) is 3.46. The third-order valence-corrected chi connectivity index (χ3v) is 5.72. The van der Waals surface area contributed by atoms with Crippen LogP contribution in [0.15, 0.2) is 47.5 Å². The minimum absolute atomic E-state index is 0.133. The molecular formula is C24H27Cl2FN6O3. The molecule has 2 aromatic rings. The number of anilines is 1. The molecule has 12 heteroatoms. The van der Waals surface area contributed by atoms with E-state index in [1.54, 1.807) is 29.2 Å². The summed E-state index contributed by atoms with van der Waals surface area (Å²) in [5.41, 5.74) is 0.868. The van der Waals surface area contributed by atoms with Crippen molar-refractivity contribution in [3.8, 4) is 6.19 Å². The zero-order valence-electron chi connectivity index (χ0n) is 20.0. The number of carboxylic acids is 1. The number of carbonyl (C=O) groups is 2. The van der Waals surface area contributed by atoms with Gasteiger partial charge in [0, 0.05) is 43.3 Å². The average Bonchev–Trinajstić information content (AvgIpc) is 2.81. The normalized spacial score (nSPS) is 15.5. The monoisotopic (exact) mass is 536 g/mol. The SMILES string of the molecule is CC(=O)O.CC(C)C1CN(C(=O)Nc2ccc(Cl)cc2)CCN1C(=Nc1cc(F)ccc1Cl)NC#N. The number of carboxylic acid groups (broad SMARTS) is 1. The Morgan fingerprint density at radius 2 is 1.83 bits per heavy atom. The second-order valence-electron chi connectivity index (χ2n) is 8.17. The molecule has 0 aliphatic carbocycles. The number of carbonyl (C=O) groups excluding carboxylic acids is 1. The van der Waals surface area contributed by atoms with E-state index in [1.807, 2.05) is 24.9 Å². The van der Waals surface area contributed by atoms with Gasteiger partial charge in [0.15, 0.2) is 6.19 Å². The second kappa shape index (κ2) is 13.5. The van der Waals surface area contributed by atoms with Gasteiger partial charge in [-0.1, -0.05) is 37.0 Å². The van der Waals surface area contributed by atoms with Crippen molar-refractivity contribution in [2.45, 2.75) is 26.8 Å². The summed E-state index contributed by atoms with van der Waals surface area (Å²) in [4.78, 5) is 29.9. The Morgan fingerprint density at radius 3 is 2.42 bits per heavy atom. The van der Waals surface area contributed by atoms with Crippen LogP contribution < -0.4 is 10.6 Å². The van der Waals surface area contributed by atoms with Crippen molar-refractivity contribution < 1.29 is 19.1 Å². The minimum atomic E-state index is -0.833. The predicted molar refractivity (Wildman–Crippen MR) is 138 cm³/mol. The molecule has 3 rings (SSSR count). The number of urea groups is 1. The van der Waals surface area contributed by atoms with E-state index in [9.17, 15) is 14.4 Å². The first kappa shape index (κ1) is 28.7. The van der Waals surface area contributed by atoms with Crippen molar-refractivity contribution >= 4 is 52.5 Å². The fourth-order valence-corrected chi connectivity index (χ4v) is 3.75. The van der Waals surface area contributed by atoms with Gasteiger partial charge in [-0.05, 0) is 42.3 Å². The topological polar surface area (TPSA) is 121 Å². The van der Waals surface area contributed by atoms with Crippen LogP contribution in [-0.4, -0.2) is 58.5 Å². The molecule has 1 aliphatic rings. The van der Waals surface area contributed by atoms with Crippen molar-refractivity contribution in [1.29, 1.82) is 5.26 Å². The summed E-state index contributed by atoms with van der Waals surface area (Å²) in [7, 11) is 0. The van der Waals surface area contributed by atoms with E-state index in [4.69, 9.17) is 33.1 Å². The molecule has 1 atom stereocenters. The van der Waals surface area contributed by atoms with E-state index in [1.165, 1.54) is 18.2 Å². The molecule has 1 unspecified atom stereocenters. The van der Waals surface area contributed by atoms with Gasteiger partial charge in [0.25, 0.3) is 5.97 Å². The molecular weight excluding hydrogens is 510 g/mol. The van der Waals surface area contributed by atoms with Crippen LogP contribution in [0.2, 0.25) is 10.0 Å². The minimum Gasteiger partial charge on any atom is -0.481 e. The Morgan fingerprint density at radius 1 is 1.19 bits per heavy atom. The highest BCUT2D eigenvalue weighted by molar-refractivity contribution is 6.33. The van der Waals surface area contributed by atoms with Crippen LogP contribution in [0.4, 0.5) is 20.6 Å². The number of hydrogen-bond donors (Lipinski definition) is 3. The largest absolute Gasteiger partial charge is 0.481 e. The molecule has 0 bridgehead atoms. The number of nitriles is 1. The lowest BCUT2D eigenvalue weighted by Gasteiger charge is -2.44. The molecule has 1 fully saturated rings. The molecule has 0 spiro atoms. The first-order valence-corrected chi connectivity index (χ1v) is 11.7. The van der Waals surface area contributed by atoms with Gasteiger partial charge < -0.3 is 20.2 Å². The Bertz CT molecular complexity index is 1130. The summed E-state index contributed by atoms with van der Waals surface area (Å²) >= 11 is 12.1. The number of amides is 2. The third kappa shape index (κ3) is 8.59.